The first-order chi connectivity index (χ1) is 10.6. The normalized spacial score (nSPS) is 11.5. The smallest absolute Gasteiger partial charge is 0.200 e. The second-order valence-electron chi connectivity index (χ2n) is 5.36. The van der Waals surface area contributed by atoms with Crippen molar-refractivity contribution >= 4 is 21.9 Å². The van der Waals surface area contributed by atoms with Crippen LogP contribution in [0.25, 0.3) is 21.9 Å². The number of benzene rings is 2. The van der Waals surface area contributed by atoms with E-state index in [1.807, 2.05) is 19.0 Å². The molecule has 2 aromatic carbocycles. The van der Waals surface area contributed by atoms with Crippen LogP contribution in [0, 0.1) is 5.82 Å². The minimum Gasteiger partial charge on any atom is -0.488 e. The van der Waals surface area contributed by atoms with E-state index in [1.165, 1.54) is 18.2 Å². The van der Waals surface area contributed by atoms with Gasteiger partial charge >= 0.3 is 0 Å². The third kappa shape index (κ3) is 2.67. The van der Waals surface area contributed by atoms with Crippen molar-refractivity contribution in [2.75, 3.05) is 27.2 Å². The molecule has 1 heterocycles. The Hall–Kier alpha value is -2.40. The lowest BCUT2D eigenvalue weighted by Crippen LogP contribution is -2.19. The van der Waals surface area contributed by atoms with E-state index in [1.54, 1.807) is 18.2 Å². The Labute approximate surface area is 126 Å². The van der Waals surface area contributed by atoms with Gasteiger partial charge in [-0.2, -0.15) is 0 Å². The first kappa shape index (κ1) is 14.5. The summed E-state index contributed by atoms with van der Waals surface area (Å²) in [5.74, 6) is 0.0450. The van der Waals surface area contributed by atoms with Gasteiger partial charge in [0.1, 0.15) is 18.0 Å². The van der Waals surface area contributed by atoms with E-state index in [0.717, 1.165) is 6.54 Å². The van der Waals surface area contributed by atoms with Crippen LogP contribution in [0.1, 0.15) is 0 Å². The standard InChI is InChI=1S/C17H16FNO3/c1-19(2)8-9-21-14-5-3-4-13-16(20)12-7-6-11(18)10-15(12)22-17(13)14/h3-7,10H,8-9H2,1-2H3. The highest BCUT2D eigenvalue weighted by molar-refractivity contribution is 5.92. The zero-order valence-corrected chi connectivity index (χ0v) is 12.4. The molecule has 0 fully saturated rings. The van der Waals surface area contributed by atoms with Crippen LogP contribution in [0.15, 0.2) is 45.6 Å². The number of fused-ring (bicyclic) bond motifs is 2. The number of nitrogens with zero attached hydrogens (tertiary/aromatic N) is 1. The SMILES string of the molecule is CN(C)CCOc1cccc2c(=O)c3ccc(F)cc3oc12. The molecule has 0 saturated carbocycles. The minimum absolute atomic E-state index is 0.186. The molecule has 0 aliphatic heterocycles. The molecule has 1 aromatic heterocycles. The zero-order valence-electron chi connectivity index (χ0n) is 12.4. The quantitative estimate of drug-likeness (QED) is 0.695. The molecule has 0 N–H and O–H groups in total. The van der Waals surface area contributed by atoms with Gasteiger partial charge in [-0.1, -0.05) is 6.07 Å². The molecule has 0 amide bonds. The summed E-state index contributed by atoms with van der Waals surface area (Å²) in [6.07, 6.45) is 0. The number of halogens is 1. The van der Waals surface area contributed by atoms with Crippen LogP contribution in [-0.2, 0) is 0 Å². The van der Waals surface area contributed by atoms with Crippen molar-refractivity contribution in [1.29, 1.82) is 0 Å². The third-order valence-electron chi connectivity index (χ3n) is 3.42. The van der Waals surface area contributed by atoms with Gasteiger partial charge in [0.05, 0.1) is 10.8 Å². The first-order valence-corrected chi connectivity index (χ1v) is 6.99. The van der Waals surface area contributed by atoms with Crippen LogP contribution < -0.4 is 10.2 Å². The molecule has 4 nitrogen and oxygen atoms in total. The van der Waals surface area contributed by atoms with Gasteiger partial charge < -0.3 is 14.1 Å². The lowest BCUT2D eigenvalue weighted by molar-refractivity contribution is 0.261. The molecule has 0 spiro atoms. The molecule has 0 radical (unpaired) electrons. The van der Waals surface area contributed by atoms with Crippen LogP contribution in [-0.4, -0.2) is 32.1 Å². The summed E-state index contributed by atoms with van der Waals surface area (Å²) in [4.78, 5) is 14.5. The summed E-state index contributed by atoms with van der Waals surface area (Å²) in [6, 6.07) is 9.08. The van der Waals surface area contributed by atoms with Crippen molar-refractivity contribution in [3.63, 3.8) is 0 Å². The molecule has 114 valence electrons. The molecule has 0 saturated heterocycles. The van der Waals surface area contributed by atoms with Crippen molar-refractivity contribution in [2.24, 2.45) is 0 Å². The highest BCUT2D eigenvalue weighted by Crippen LogP contribution is 2.27. The number of ether oxygens (including phenoxy) is 1. The number of likely N-dealkylation sites (N-methyl/N-ethyl adjacent to an activating group) is 1. The summed E-state index contributed by atoms with van der Waals surface area (Å²) in [7, 11) is 3.89. The van der Waals surface area contributed by atoms with Crippen LogP contribution in [0.4, 0.5) is 4.39 Å². The molecule has 22 heavy (non-hydrogen) atoms. The fraction of sp³-hybridized carbons (Fsp3) is 0.235. The first-order valence-electron chi connectivity index (χ1n) is 6.99. The number of hydrogen-bond donors (Lipinski definition) is 0. The number of rotatable bonds is 4. The van der Waals surface area contributed by atoms with Crippen LogP contribution in [0.2, 0.25) is 0 Å². The fourth-order valence-corrected chi connectivity index (χ4v) is 2.27. The Morgan fingerprint density at radius 1 is 1.18 bits per heavy atom. The van der Waals surface area contributed by atoms with Crippen LogP contribution in [0.5, 0.6) is 5.75 Å². The molecular formula is C17H16FNO3. The van der Waals surface area contributed by atoms with E-state index >= 15 is 0 Å². The van der Waals surface area contributed by atoms with Crippen molar-refractivity contribution < 1.29 is 13.5 Å². The van der Waals surface area contributed by atoms with Crippen molar-refractivity contribution in [3.8, 4) is 5.75 Å². The van der Waals surface area contributed by atoms with E-state index in [2.05, 4.69) is 0 Å². The maximum atomic E-state index is 13.4. The second kappa shape index (κ2) is 5.77. The van der Waals surface area contributed by atoms with Crippen molar-refractivity contribution in [2.45, 2.75) is 0 Å². The molecule has 3 aromatic rings. The Morgan fingerprint density at radius 3 is 2.77 bits per heavy atom. The van der Waals surface area contributed by atoms with Gasteiger partial charge in [0, 0.05) is 12.6 Å². The van der Waals surface area contributed by atoms with Gasteiger partial charge in [-0.3, -0.25) is 4.79 Å². The lowest BCUT2D eigenvalue weighted by Gasteiger charge is -2.12. The zero-order chi connectivity index (χ0) is 15.7. The number of hydrogen-bond acceptors (Lipinski definition) is 4. The van der Waals surface area contributed by atoms with Crippen LogP contribution in [0.3, 0.4) is 0 Å². The van der Waals surface area contributed by atoms with Gasteiger partial charge in [0.25, 0.3) is 0 Å². The summed E-state index contributed by atoms with van der Waals surface area (Å²) in [5, 5.41) is 0.792. The van der Waals surface area contributed by atoms with Gasteiger partial charge in [0.2, 0.25) is 5.43 Å². The monoisotopic (exact) mass is 301 g/mol. The van der Waals surface area contributed by atoms with E-state index in [-0.39, 0.29) is 11.0 Å². The highest BCUT2D eigenvalue weighted by Gasteiger charge is 2.12. The average Bonchev–Trinajstić information content (AvgIpc) is 2.47. The molecule has 0 unspecified atom stereocenters. The summed E-state index contributed by atoms with van der Waals surface area (Å²) in [5.41, 5.74) is 0.389. The maximum Gasteiger partial charge on any atom is 0.200 e. The molecule has 0 aliphatic rings. The largest absolute Gasteiger partial charge is 0.488 e. The Morgan fingerprint density at radius 2 is 2.00 bits per heavy atom. The fourth-order valence-electron chi connectivity index (χ4n) is 2.27. The molecule has 0 atom stereocenters. The topological polar surface area (TPSA) is 42.7 Å². The van der Waals surface area contributed by atoms with Crippen molar-refractivity contribution in [1.82, 2.24) is 4.90 Å². The van der Waals surface area contributed by atoms with Gasteiger partial charge in [-0.15, -0.1) is 0 Å². The molecule has 3 rings (SSSR count). The van der Waals surface area contributed by atoms with E-state index in [4.69, 9.17) is 9.15 Å². The maximum absolute atomic E-state index is 13.4. The third-order valence-corrected chi connectivity index (χ3v) is 3.42. The van der Waals surface area contributed by atoms with E-state index in [9.17, 15) is 9.18 Å². The second-order valence-corrected chi connectivity index (χ2v) is 5.36. The molecular weight excluding hydrogens is 285 g/mol. The predicted octanol–water partition coefficient (Wildman–Crippen LogP) is 3.03. The van der Waals surface area contributed by atoms with Gasteiger partial charge in [0.15, 0.2) is 11.3 Å². The van der Waals surface area contributed by atoms with Gasteiger partial charge in [-0.05, 0) is 38.4 Å². The van der Waals surface area contributed by atoms with Crippen LogP contribution >= 0.6 is 0 Å². The summed E-state index contributed by atoms with van der Waals surface area (Å²) in [6.45, 7) is 1.21. The molecule has 0 aliphatic carbocycles. The average molecular weight is 301 g/mol. The minimum atomic E-state index is -0.444. The van der Waals surface area contributed by atoms with E-state index in [0.29, 0.717) is 28.7 Å². The highest BCUT2D eigenvalue weighted by atomic mass is 19.1. The Bertz CT molecular complexity index is 886. The Balaban J connectivity index is 2.14. The molecule has 5 heteroatoms. The van der Waals surface area contributed by atoms with Crippen molar-refractivity contribution in [3.05, 3.63) is 52.4 Å². The lowest BCUT2D eigenvalue weighted by atomic mass is 10.1. The molecule has 0 bridgehead atoms. The van der Waals surface area contributed by atoms with Gasteiger partial charge in [-0.25, -0.2) is 4.39 Å². The predicted molar refractivity (Wildman–Crippen MR) is 84.0 cm³/mol. The van der Waals surface area contributed by atoms with E-state index < -0.39 is 5.82 Å². The summed E-state index contributed by atoms with van der Waals surface area (Å²) < 4.78 is 24.8. The summed E-state index contributed by atoms with van der Waals surface area (Å²) >= 11 is 0. The number of para-hydroxylation sites is 1. The Kier molecular flexibility index (Phi) is 3.81.